The minimum atomic E-state index is -1.02. The molecule has 3 aromatic carbocycles. The molecule has 0 amide bonds. The highest BCUT2D eigenvalue weighted by molar-refractivity contribution is 5.88. The first-order valence-electron chi connectivity index (χ1n) is 9.04. The molecule has 0 radical (unpaired) electrons. The van der Waals surface area contributed by atoms with E-state index in [0.717, 1.165) is 5.56 Å². The normalized spacial score (nSPS) is 10.4. The molecular weight excluding hydrogens is 373 g/mol. The Morgan fingerprint density at radius 1 is 0.931 bits per heavy atom. The number of anilines is 1. The van der Waals surface area contributed by atoms with Crippen LogP contribution in [0, 0.1) is 5.82 Å². The van der Waals surface area contributed by atoms with Crippen LogP contribution in [0.2, 0.25) is 0 Å². The molecule has 3 aromatic rings. The number of halogens is 1. The van der Waals surface area contributed by atoms with Crippen molar-refractivity contribution in [3.05, 3.63) is 89.2 Å². The first kappa shape index (κ1) is 20.2. The standard InChI is InChI=1S/C23H22FNO4/c1-28-20-10-11-22(29-2)18(13-20)15-25(14-17-6-3-4-9-21(17)24)19-8-5-7-16(12-19)23(26)27/h3-13H,14-15H2,1-2H3,(H,26,27). The molecule has 5 nitrogen and oxygen atoms in total. The Kier molecular flexibility index (Phi) is 6.34. The van der Waals surface area contributed by atoms with Gasteiger partial charge in [0, 0.05) is 29.9 Å². The van der Waals surface area contributed by atoms with Crippen molar-refractivity contribution in [3.63, 3.8) is 0 Å². The Bertz CT molecular complexity index is 1010. The minimum absolute atomic E-state index is 0.165. The number of ether oxygens (including phenoxy) is 2. The molecule has 0 saturated carbocycles. The average Bonchev–Trinajstić information content (AvgIpc) is 2.74. The van der Waals surface area contributed by atoms with Gasteiger partial charge in [-0.1, -0.05) is 24.3 Å². The molecule has 0 aliphatic rings. The van der Waals surface area contributed by atoms with Gasteiger partial charge in [0.05, 0.1) is 19.8 Å². The maximum Gasteiger partial charge on any atom is 0.335 e. The molecule has 0 aliphatic carbocycles. The molecule has 0 atom stereocenters. The van der Waals surface area contributed by atoms with Crippen molar-refractivity contribution in [1.29, 1.82) is 0 Å². The summed E-state index contributed by atoms with van der Waals surface area (Å²) in [4.78, 5) is 13.3. The summed E-state index contributed by atoms with van der Waals surface area (Å²) in [5.41, 5.74) is 2.18. The van der Waals surface area contributed by atoms with Gasteiger partial charge in [0.1, 0.15) is 17.3 Å². The van der Waals surface area contributed by atoms with Gasteiger partial charge in [-0.25, -0.2) is 9.18 Å². The highest BCUT2D eigenvalue weighted by atomic mass is 19.1. The second-order valence-electron chi connectivity index (χ2n) is 6.48. The highest BCUT2D eigenvalue weighted by Crippen LogP contribution is 2.29. The van der Waals surface area contributed by atoms with Gasteiger partial charge < -0.3 is 19.5 Å². The van der Waals surface area contributed by atoms with Gasteiger partial charge in [-0.3, -0.25) is 0 Å². The van der Waals surface area contributed by atoms with Crippen LogP contribution < -0.4 is 14.4 Å². The lowest BCUT2D eigenvalue weighted by atomic mass is 10.1. The lowest BCUT2D eigenvalue weighted by Crippen LogP contribution is -2.23. The molecule has 0 bridgehead atoms. The number of hydrogen-bond acceptors (Lipinski definition) is 4. The van der Waals surface area contributed by atoms with E-state index in [1.807, 2.05) is 17.0 Å². The summed E-state index contributed by atoms with van der Waals surface area (Å²) in [5.74, 6) is 0.00537. The van der Waals surface area contributed by atoms with Gasteiger partial charge in [-0.15, -0.1) is 0 Å². The van der Waals surface area contributed by atoms with Crippen LogP contribution in [0.25, 0.3) is 0 Å². The molecule has 1 N–H and O–H groups in total. The van der Waals surface area contributed by atoms with E-state index in [9.17, 15) is 14.3 Å². The minimum Gasteiger partial charge on any atom is -0.497 e. The zero-order chi connectivity index (χ0) is 20.8. The van der Waals surface area contributed by atoms with Crippen LogP contribution in [0.3, 0.4) is 0 Å². The molecule has 0 aliphatic heterocycles. The molecule has 0 heterocycles. The van der Waals surface area contributed by atoms with Crippen LogP contribution in [0.4, 0.5) is 10.1 Å². The number of rotatable bonds is 8. The largest absolute Gasteiger partial charge is 0.497 e. The molecule has 0 spiro atoms. The molecule has 0 saturated heterocycles. The topological polar surface area (TPSA) is 59.0 Å². The summed E-state index contributed by atoms with van der Waals surface area (Å²) in [6.07, 6.45) is 0. The summed E-state index contributed by atoms with van der Waals surface area (Å²) in [6, 6.07) is 18.6. The second-order valence-corrected chi connectivity index (χ2v) is 6.48. The Balaban J connectivity index is 2.02. The van der Waals surface area contributed by atoms with Gasteiger partial charge in [-0.05, 0) is 42.5 Å². The van der Waals surface area contributed by atoms with Crippen LogP contribution in [0.5, 0.6) is 11.5 Å². The van der Waals surface area contributed by atoms with Crippen LogP contribution in [-0.2, 0) is 13.1 Å². The van der Waals surface area contributed by atoms with Crippen molar-refractivity contribution in [1.82, 2.24) is 0 Å². The number of nitrogens with zero attached hydrogens (tertiary/aromatic N) is 1. The molecule has 0 unspecified atom stereocenters. The van der Waals surface area contributed by atoms with E-state index in [1.165, 1.54) is 12.1 Å². The fourth-order valence-corrected chi connectivity index (χ4v) is 3.12. The number of hydrogen-bond donors (Lipinski definition) is 1. The Morgan fingerprint density at radius 3 is 2.38 bits per heavy atom. The number of methoxy groups -OCH3 is 2. The average molecular weight is 395 g/mol. The van der Waals surface area contributed by atoms with Crippen molar-refractivity contribution in [2.75, 3.05) is 19.1 Å². The third kappa shape index (κ3) is 4.85. The van der Waals surface area contributed by atoms with Crippen LogP contribution in [-0.4, -0.2) is 25.3 Å². The van der Waals surface area contributed by atoms with E-state index in [0.29, 0.717) is 29.3 Å². The third-order valence-electron chi connectivity index (χ3n) is 4.63. The molecule has 0 aromatic heterocycles. The molecule has 29 heavy (non-hydrogen) atoms. The Hall–Kier alpha value is -3.54. The first-order valence-corrected chi connectivity index (χ1v) is 9.04. The van der Waals surface area contributed by atoms with E-state index in [1.54, 1.807) is 56.7 Å². The summed E-state index contributed by atoms with van der Waals surface area (Å²) in [6.45, 7) is 0.633. The van der Waals surface area contributed by atoms with E-state index in [2.05, 4.69) is 0 Å². The van der Waals surface area contributed by atoms with E-state index >= 15 is 0 Å². The number of aromatic carboxylic acids is 1. The highest BCUT2D eigenvalue weighted by Gasteiger charge is 2.16. The summed E-state index contributed by atoms with van der Waals surface area (Å²) < 4.78 is 25.1. The fourth-order valence-electron chi connectivity index (χ4n) is 3.12. The zero-order valence-electron chi connectivity index (χ0n) is 16.3. The number of benzene rings is 3. The molecule has 6 heteroatoms. The number of carboxylic acid groups (broad SMARTS) is 1. The summed E-state index contributed by atoms with van der Waals surface area (Å²) in [7, 11) is 3.16. The lowest BCUT2D eigenvalue weighted by molar-refractivity contribution is 0.0697. The van der Waals surface area contributed by atoms with Crippen molar-refractivity contribution in [2.24, 2.45) is 0 Å². The van der Waals surface area contributed by atoms with E-state index < -0.39 is 5.97 Å². The third-order valence-corrected chi connectivity index (χ3v) is 4.63. The van der Waals surface area contributed by atoms with Gasteiger partial charge >= 0.3 is 5.97 Å². The van der Waals surface area contributed by atoms with Crippen molar-refractivity contribution in [3.8, 4) is 11.5 Å². The summed E-state index contributed by atoms with van der Waals surface area (Å²) in [5, 5.41) is 9.35. The smallest absolute Gasteiger partial charge is 0.335 e. The molecule has 3 rings (SSSR count). The Morgan fingerprint density at radius 2 is 1.69 bits per heavy atom. The van der Waals surface area contributed by atoms with Crippen molar-refractivity contribution >= 4 is 11.7 Å². The van der Waals surface area contributed by atoms with Gasteiger partial charge in [0.15, 0.2) is 0 Å². The molecule has 0 fully saturated rings. The predicted molar refractivity (Wildman–Crippen MR) is 109 cm³/mol. The SMILES string of the molecule is COc1ccc(OC)c(CN(Cc2ccccc2F)c2cccc(C(=O)O)c2)c1. The van der Waals surface area contributed by atoms with Crippen molar-refractivity contribution < 1.29 is 23.8 Å². The first-order chi connectivity index (χ1) is 14.0. The molecule has 150 valence electrons. The van der Waals surface area contributed by atoms with E-state index in [4.69, 9.17) is 9.47 Å². The molecular formula is C23H22FNO4. The quantitative estimate of drug-likeness (QED) is 0.597. The van der Waals surface area contributed by atoms with Crippen LogP contribution >= 0.6 is 0 Å². The van der Waals surface area contributed by atoms with Gasteiger partial charge in [0.2, 0.25) is 0 Å². The second kappa shape index (κ2) is 9.10. The number of carbonyl (C=O) groups is 1. The van der Waals surface area contributed by atoms with Gasteiger partial charge in [0.25, 0.3) is 0 Å². The predicted octanol–water partition coefficient (Wildman–Crippen LogP) is 4.75. The monoisotopic (exact) mass is 395 g/mol. The maximum absolute atomic E-state index is 14.3. The van der Waals surface area contributed by atoms with Crippen LogP contribution in [0.1, 0.15) is 21.5 Å². The zero-order valence-corrected chi connectivity index (χ0v) is 16.3. The summed E-state index contributed by atoms with van der Waals surface area (Å²) >= 11 is 0. The van der Waals surface area contributed by atoms with E-state index in [-0.39, 0.29) is 17.9 Å². The fraction of sp³-hybridized carbons (Fsp3) is 0.174. The lowest BCUT2D eigenvalue weighted by Gasteiger charge is -2.26. The van der Waals surface area contributed by atoms with Crippen molar-refractivity contribution in [2.45, 2.75) is 13.1 Å². The van der Waals surface area contributed by atoms with Crippen LogP contribution in [0.15, 0.2) is 66.7 Å². The van der Waals surface area contributed by atoms with Gasteiger partial charge in [-0.2, -0.15) is 0 Å². The Labute approximate surface area is 168 Å². The maximum atomic E-state index is 14.3. The number of carboxylic acids is 1.